The number of benzene rings is 5. The second-order valence-electron chi connectivity index (χ2n) is 16.1. The van der Waals surface area contributed by atoms with Gasteiger partial charge in [0, 0.05) is 76.2 Å². The summed E-state index contributed by atoms with van der Waals surface area (Å²) in [6.07, 6.45) is 4.93. The van der Waals surface area contributed by atoms with Crippen molar-refractivity contribution in [3.8, 4) is 56.5 Å². The van der Waals surface area contributed by atoms with Gasteiger partial charge in [-0.1, -0.05) is 73.5 Å². The van der Waals surface area contributed by atoms with Crippen molar-refractivity contribution in [2.24, 2.45) is 0 Å². The standard InChI is InChI=1S/C53H48ClN6O4/c1-4-7-12-48-55-51(54)45-31-38(25-26-60(45)48)52-56-57-53(64-52)42-11-9-8-10-41(42)49-43-23-19-37(32-46(43)63-47-33-40(22-24-44(47)49)58(5-2)6-3)34-13-15-35(16-14-34)50(61)36-17-20-39(21-18-36)59-27-29-62-30-28-59/h8-11,13-26,31-33H,4-7,12,27-30H2,1-3H3/q+1. The Labute approximate surface area is 376 Å². The minimum absolute atomic E-state index is 0.0130. The van der Waals surface area contributed by atoms with E-state index in [1.165, 1.54) is 0 Å². The van der Waals surface area contributed by atoms with Crippen LogP contribution < -0.4 is 14.8 Å². The Hall–Kier alpha value is -6.88. The van der Waals surface area contributed by atoms with Gasteiger partial charge in [-0.05, 0) is 97.6 Å². The highest BCUT2D eigenvalue weighted by atomic mass is 35.5. The zero-order chi connectivity index (χ0) is 43.7. The third-order valence-corrected chi connectivity index (χ3v) is 12.6. The number of aryl methyl sites for hydroxylation is 1. The molecular formula is C53H48ClN6O4+. The van der Waals surface area contributed by atoms with Crippen molar-refractivity contribution >= 4 is 39.6 Å². The van der Waals surface area contributed by atoms with Gasteiger partial charge in [0.2, 0.25) is 17.1 Å². The summed E-state index contributed by atoms with van der Waals surface area (Å²) < 4.78 is 23.2. The number of anilines is 1. The molecule has 10 nitrogen and oxygen atoms in total. The number of pyridine rings is 1. The summed E-state index contributed by atoms with van der Waals surface area (Å²) in [5, 5.41) is 11.6. The van der Waals surface area contributed by atoms with Crippen LogP contribution in [0.2, 0.25) is 5.15 Å². The fourth-order valence-corrected chi connectivity index (χ4v) is 9.09. The third kappa shape index (κ3) is 7.77. The molecule has 320 valence electrons. The number of halogens is 1. The van der Waals surface area contributed by atoms with Crippen LogP contribution in [-0.4, -0.2) is 64.8 Å². The number of carbonyl (C=O) groups is 1. The predicted molar refractivity (Wildman–Crippen MR) is 254 cm³/mol. The van der Waals surface area contributed by atoms with Crippen molar-refractivity contribution in [2.75, 3.05) is 44.3 Å². The first kappa shape index (κ1) is 41.1. The maximum absolute atomic E-state index is 13.6. The number of fused-ring (bicyclic) bond motifs is 3. The van der Waals surface area contributed by atoms with Gasteiger partial charge in [-0.3, -0.25) is 4.79 Å². The molecule has 2 aliphatic heterocycles. The van der Waals surface area contributed by atoms with Crippen LogP contribution in [0.4, 0.5) is 5.69 Å². The average molecular weight is 868 g/mol. The summed E-state index contributed by atoms with van der Waals surface area (Å²) in [6.45, 7) is 11.3. The van der Waals surface area contributed by atoms with E-state index < -0.39 is 0 Å². The Bertz CT molecular complexity index is 3190. The van der Waals surface area contributed by atoms with Crippen molar-refractivity contribution in [3.05, 3.63) is 155 Å². The van der Waals surface area contributed by atoms with Crippen LogP contribution in [0.5, 0.6) is 0 Å². The molecule has 5 heterocycles. The quantitative estimate of drug-likeness (QED) is 0.0680. The monoisotopic (exact) mass is 867 g/mol. The zero-order valence-corrected chi connectivity index (χ0v) is 36.9. The average Bonchev–Trinajstić information content (AvgIpc) is 3.97. The highest BCUT2D eigenvalue weighted by molar-refractivity contribution is 6.32. The fourth-order valence-electron chi connectivity index (χ4n) is 8.85. The van der Waals surface area contributed by atoms with E-state index in [0.717, 1.165) is 124 Å². The Balaban J connectivity index is 1.02. The lowest BCUT2D eigenvalue weighted by molar-refractivity contribution is 0.103. The van der Waals surface area contributed by atoms with E-state index in [2.05, 4.69) is 87.9 Å². The largest absolute Gasteiger partial charge is 0.456 e. The summed E-state index contributed by atoms with van der Waals surface area (Å²) in [4.78, 5) is 20.5. The van der Waals surface area contributed by atoms with Gasteiger partial charge >= 0.3 is 0 Å². The number of hydrogen-bond donors (Lipinski definition) is 0. The molecule has 1 saturated heterocycles. The zero-order valence-electron chi connectivity index (χ0n) is 36.2. The summed E-state index contributed by atoms with van der Waals surface area (Å²) in [5.41, 5.74) is 10.3. The second-order valence-corrected chi connectivity index (χ2v) is 16.5. The Kier molecular flexibility index (Phi) is 11.4. The summed E-state index contributed by atoms with van der Waals surface area (Å²) in [5.74, 6) is 2.47. The molecule has 3 aliphatic rings. The van der Waals surface area contributed by atoms with E-state index in [9.17, 15) is 4.79 Å². The summed E-state index contributed by atoms with van der Waals surface area (Å²) in [6, 6.07) is 40.5. The van der Waals surface area contributed by atoms with E-state index in [-0.39, 0.29) is 5.78 Å². The molecule has 3 aromatic heterocycles. The minimum Gasteiger partial charge on any atom is -0.456 e. The highest BCUT2D eigenvalue weighted by Crippen LogP contribution is 2.44. The lowest BCUT2D eigenvalue weighted by Gasteiger charge is -2.28. The molecule has 0 radical (unpaired) electrons. The number of aromatic nitrogens is 4. The molecule has 0 N–H and O–H groups in total. The van der Waals surface area contributed by atoms with Crippen molar-refractivity contribution < 1.29 is 18.4 Å². The van der Waals surface area contributed by atoms with Crippen molar-refractivity contribution in [1.29, 1.82) is 0 Å². The molecule has 1 fully saturated rings. The van der Waals surface area contributed by atoms with Gasteiger partial charge in [-0.25, -0.2) is 9.56 Å². The number of ketones is 1. The Morgan fingerprint density at radius 3 is 2.19 bits per heavy atom. The van der Waals surface area contributed by atoms with E-state index in [1.54, 1.807) is 0 Å². The van der Waals surface area contributed by atoms with Crippen molar-refractivity contribution in [2.45, 2.75) is 40.0 Å². The van der Waals surface area contributed by atoms with E-state index in [1.807, 2.05) is 89.5 Å². The van der Waals surface area contributed by atoms with Crippen molar-refractivity contribution in [1.82, 2.24) is 24.2 Å². The normalized spacial score (nSPS) is 13.0. The molecule has 64 heavy (non-hydrogen) atoms. The first-order chi connectivity index (χ1) is 31.4. The van der Waals surface area contributed by atoms with Crippen LogP contribution in [0.1, 0.15) is 55.4 Å². The van der Waals surface area contributed by atoms with Crippen LogP contribution in [0.25, 0.3) is 73.0 Å². The Morgan fingerprint density at radius 1 is 0.719 bits per heavy atom. The molecule has 0 spiro atoms. The van der Waals surface area contributed by atoms with E-state index in [0.29, 0.717) is 41.3 Å². The lowest BCUT2D eigenvalue weighted by Crippen LogP contribution is -2.36. The van der Waals surface area contributed by atoms with E-state index in [4.69, 9.17) is 25.2 Å². The molecule has 0 bridgehead atoms. The predicted octanol–water partition coefficient (Wildman–Crippen LogP) is 11.1. The third-order valence-electron chi connectivity index (χ3n) is 12.3. The number of carbonyl (C=O) groups excluding carboxylic acids is 1. The molecule has 0 unspecified atom stereocenters. The first-order valence-corrected chi connectivity index (χ1v) is 22.5. The number of unbranched alkanes of at least 4 members (excludes halogenated alkanes) is 1. The van der Waals surface area contributed by atoms with Crippen LogP contribution >= 0.6 is 11.6 Å². The number of nitrogens with zero attached hydrogens (tertiary/aromatic N) is 6. The van der Waals surface area contributed by atoms with Gasteiger partial charge in [0.05, 0.1) is 24.8 Å². The van der Waals surface area contributed by atoms with Crippen LogP contribution in [0.15, 0.2) is 136 Å². The van der Waals surface area contributed by atoms with Gasteiger partial charge in [0.15, 0.2) is 10.9 Å². The van der Waals surface area contributed by atoms with Crippen LogP contribution in [0.3, 0.4) is 0 Å². The molecule has 1 aliphatic carbocycles. The molecule has 11 heteroatoms. The van der Waals surface area contributed by atoms with Gasteiger partial charge in [-0.15, -0.1) is 10.2 Å². The highest BCUT2D eigenvalue weighted by Gasteiger charge is 2.24. The van der Waals surface area contributed by atoms with E-state index >= 15 is 0 Å². The molecule has 0 amide bonds. The topological polar surface area (TPSA) is 102 Å². The number of imidazole rings is 1. The molecule has 10 rings (SSSR count). The maximum atomic E-state index is 13.6. The number of ether oxygens (including phenoxy) is 1. The number of rotatable bonds is 12. The minimum atomic E-state index is -0.0130. The second kappa shape index (κ2) is 17.7. The lowest BCUT2D eigenvalue weighted by atomic mass is 9.90. The first-order valence-electron chi connectivity index (χ1n) is 22.2. The summed E-state index contributed by atoms with van der Waals surface area (Å²) >= 11 is 6.63. The fraction of sp³-hybridized carbons (Fsp3) is 0.226. The molecule has 4 aromatic carbocycles. The molecular weight excluding hydrogens is 820 g/mol. The van der Waals surface area contributed by atoms with Gasteiger partial charge in [-0.2, -0.15) is 0 Å². The van der Waals surface area contributed by atoms with Crippen LogP contribution in [-0.2, 0) is 11.2 Å². The summed E-state index contributed by atoms with van der Waals surface area (Å²) in [7, 11) is 0. The maximum Gasteiger partial charge on any atom is 0.248 e. The molecule has 7 aromatic rings. The van der Waals surface area contributed by atoms with Gasteiger partial charge in [0.1, 0.15) is 30.3 Å². The Morgan fingerprint density at radius 2 is 1.44 bits per heavy atom. The number of hydrogen-bond acceptors (Lipinski definition) is 8. The SMILES string of the molecule is CCCCc1nc(Cl)c2cc(-c3nnc(-c4ccccc4-c4c5ccc(=[N+](CC)CC)cc-5oc5cc(-c6ccc(C(=O)c7ccc(N8CCOCC8)cc7)cc6)ccc45)o3)ccn12. The molecule has 0 saturated carbocycles. The van der Waals surface area contributed by atoms with Gasteiger partial charge < -0.3 is 22.9 Å². The molecule has 0 atom stereocenters. The van der Waals surface area contributed by atoms with Crippen molar-refractivity contribution in [3.63, 3.8) is 0 Å². The van der Waals surface area contributed by atoms with Crippen LogP contribution in [0, 0.1) is 0 Å². The van der Waals surface area contributed by atoms with Gasteiger partial charge in [0.25, 0.3) is 0 Å². The smallest absolute Gasteiger partial charge is 0.248 e. The number of morpholine rings is 1.